The fourth-order valence-electron chi connectivity index (χ4n) is 2.90. The quantitative estimate of drug-likeness (QED) is 0.753. The zero-order valence-corrected chi connectivity index (χ0v) is 13.7. The van der Waals surface area contributed by atoms with E-state index < -0.39 is 0 Å². The Kier molecular flexibility index (Phi) is 4.52. The molecule has 0 bridgehead atoms. The van der Waals surface area contributed by atoms with Crippen molar-refractivity contribution in [3.8, 4) is 28.7 Å². The largest absolute Gasteiger partial charge is 0.486 e. The predicted octanol–water partition coefficient (Wildman–Crippen LogP) is 4.92. The van der Waals surface area contributed by atoms with Gasteiger partial charge in [-0.05, 0) is 46.9 Å². The fourth-order valence-corrected chi connectivity index (χ4v) is 2.90. The SMILES string of the molecule is CC(C)c1cc2c(c(-c3ccc(F)cc3)c1/C=C/C#N)OCCO2. The van der Waals surface area contributed by atoms with Crippen LogP contribution in [-0.4, -0.2) is 13.2 Å². The first-order valence-electron chi connectivity index (χ1n) is 7.90. The summed E-state index contributed by atoms with van der Waals surface area (Å²) in [6.45, 7) is 5.14. The van der Waals surface area contributed by atoms with Crippen LogP contribution in [0.15, 0.2) is 36.4 Å². The molecule has 0 atom stereocenters. The molecule has 0 amide bonds. The Hall–Kier alpha value is -2.80. The molecule has 0 saturated heterocycles. The van der Waals surface area contributed by atoms with Crippen LogP contribution in [0, 0.1) is 17.1 Å². The lowest BCUT2D eigenvalue weighted by Gasteiger charge is -2.26. The lowest BCUT2D eigenvalue weighted by molar-refractivity contribution is 0.172. The number of hydrogen-bond donors (Lipinski definition) is 0. The number of hydrogen-bond acceptors (Lipinski definition) is 3. The van der Waals surface area contributed by atoms with Crippen molar-refractivity contribution in [3.63, 3.8) is 0 Å². The van der Waals surface area contributed by atoms with Gasteiger partial charge < -0.3 is 9.47 Å². The Balaban J connectivity index is 2.33. The molecule has 0 fully saturated rings. The van der Waals surface area contributed by atoms with E-state index in [4.69, 9.17) is 14.7 Å². The number of ether oxygens (including phenoxy) is 2. The molecule has 1 aliphatic rings. The summed E-state index contributed by atoms with van der Waals surface area (Å²) in [6, 6.07) is 10.3. The monoisotopic (exact) mass is 323 g/mol. The number of halogens is 1. The van der Waals surface area contributed by atoms with Gasteiger partial charge in [0.15, 0.2) is 11.5 Å². The number of nitriles is 1. The first kappa shape index (κ1) is 16.1. The van der Waals surface area contributed by atoms with E-state index in [0.717, 1.165) is 22.3 Å². The molecule has 3 nitrogen and oxygen atoms in total. The minimum absolute atomic E-state index is 0.235. The normalized spacial score (nSPS) is 13.3. The van der Waals surface area contributed by atoms with Gasteiger partial charge in [-0.3, -0.25) is 0 Å². The molecule has 0 aliphatic carbocycles. The third kappa shape index (κ3) is 2.98. The summed E-state index contributed by atoms with van der Waals surface area (Å²) in [4.78, 5) is 0. The first-order chi connectivity index (χ1) is 11.6. The third-order valence-electron chi connectivity index (χ3n) is 3.98. The smallest absolute Gasteiger partial charge is 0.169 e. The van der Waals surface area contributed by atoms with Crippen LogP contribution in [0.2, 0.25) is 0 Å². The van der Waals surface area contributed by atoms with Crippen LogP contribution in [0.1, 0.15) is 30.9 Å². The van der Waals surface area contributed by atoms with Gasteiger partial charge >= 0.3 is 0 Å². The molecule has 0 N–H and O–H groups in total. The summed E-state index contributed by atoms with van der Waals surface area (Å²) < 4.78 is 25.0. The van der Waals surface area contributed by atoms with Crippen molar-refractivity contribution in [2.24, 2.45) is 0 Å². The van der Waals surface area contributed by atoms with Crippen molar-refractivity contribution in [1.29, 1.82) is 5.26 Å². The highest BCUT2D eigenvalue weighted by atomic mass is 19.1. The van der Waals surface area contributed by atoms with E-state index >= 15 is 0 Å². The molecular formula is C20H18FNO2. The molecule has 1 aliphatic heterocycles. The summed E-state index contributed by atoms with van der Waals surface area (Å²) in [7, 11) is 0. The molecule has 0 unspecified atom stereocenters. The van der Waals surface area contributed by atoms with Crippen molar-refractivity contribution in [3.05, 3.63) is 53.4 Å². The van der Waals surface area contributed by atoms with E-state index in [1.807, 2.05) is 12.1 Å². The van der Waals surface area contributed by atoms with Gasteiger partial charge in [-0.25, -0.2) is 4.39 Å². The Bertz CT molecular complexity index is 817. The molecule has 24 heavy (non-hydrogen) atoms. The number of benzene rings is 2. The molecule has 3 rings (SSSR count). The molecule has 2 aromatic rings. The number of rotatable bonds is 3. The number of allylic oxidation sites excluding steroid dienone is 1. The summed E-state index contributed by atoms with van der Waals surface area (Å²) in [6.07, 6.45) is 3.23. The summed E-state index contributed by atoms with van der Waals surface area (Å²) >= 11 is 0. The van der Waals surface area contributed by atoms with E-state index in [1.165, 1.54) is 18.2 Å². The maximum atomic E-state index is 13.3. The van der Waals surface area contributed by atoms with Gasteiger partial charge in [-0.15, -0.1) is 0 Å². The molecule has 1 heterocycles. The second-order valence-electron chi connectivity index (χ2n) is 5.90. The van der Waals surface area contributed by atoms with Crippen LogP contribution in [0.3, 0.4) is 0 Å². The maximum Gasteiger partial charge on any atom is 0.169 e. The molecule has 0 saturated carbocycles. The zero-order valence-electron chi connectivity index (χ0n) is 13.7. The average Bonchev–Trinajstić information content (AvgIpc) is 2.59. The summed E-state index contributed by atoms with van der Waals surface area (Å²) in [5.41, 5.74) is 3.63. The molecule has 4 heteroatoms. The average molecular weight is 323 g/mol. The van der Waals surface area contributed by atoms with Gasteiger partial charge in [0.05, 0.1) is 6.07 Å². The standard InChI is InChI=1S/C20H18FNO2/c1-13(2)17-12-18-20(24-11-10-23-18)19(16(17)4-3-9-22)14-5-7-15(21)8-6-14/h3-8,12-13H,10-11H2,1-2H3/b4-3+. The van der Waals surface area contributed by atoms with Crippen molar-refractivity contribution in [2.75, 3.05) is 13.2 Å². The van der Waals surface area contributed by atoms with Crippen LogP contribution in [0.25, 0.3) is 17.2 Å². The van der Waals surface area contributed by atoms with E-state index in [0.29, 0.717) is 24.7 Å². The van der Waals surface area contributed by atoms with Crippen molar-refractivity contribution in [1.82, 2.24) is 0 Å². The second-order valence-corrected chi connectivity index (χ2v) is 5.90. The Labute approximate surface area is 140 Å². The molecule has 0 spiro atoms. The van der Waals surface area contributed by atoms with Crippen LogP contribution < -0.4 is 9.47 Å². The van der Waals surface area contributed by atoms with E-state index in [9.17, 15) is 4.39 Å². The summed E-state index contributed by atoms with van der Waals surface area (Å²) in [5, 5.41) is 8.95. The predicted molar refractivity (Wildman–Crippen MR) is 91.6 cm³/mol. The highest BCUT2D eigenvalue weighted by Crippen LogP contribution is 2.46. The molecule has 2 aromatic carbocycles. The zero-order chi connectivity index (χ0) is 17.1. The Morgan fingerprint density at radius 3 is 2.54 bits per heavy atom. The van der Waals surface area contributed by atoms with Crippen molar-refractivity contribution < 1.29 is 13.9 Å². The minimum atomic E-state index is -0.293. The van der Waals surface area contributed by atoms with Crippen LogP contribution in [0.4, 0.5) is 4.39 Å². The van der Waals surface area contributed by atoms with Gasteiger partial charge in [-0.2, -0.15) is 5.26 Å². The lowest BCUT2D eigenvalue weighted by Crippen LogP contribution is -2.17. The highest BCUT2D eigenvalue weighted by molar-refractivity contribution is 5.85. The topological polar surface area (TPSA) is 42.2 Å². The van der Waals surface area contributed by atoms with Gasteiger partial charge in [0.25, 0.3) is 0 Å². The van der Waals surface area contributed by atoms with Crippen molar-refractivity contribution in [2.45, 2.75) is 19.8 Å². The van der Waals surface area contributed by atoms with Gasteiger partial charge in [0, 0.05) is 11.6 Å². The van der Waals surface area contributed by atoms with Gasteiger partial charge in [0.1, 0.15) is 19.0 Å². The third-order valence-corrected chi connectivity index (χ3v) is 3.98. The van der Waals surface area contributed by atoms with Crippen LogP contribution in [0.5, 0.6) is 11.5 Å². The van der Waals surface area contributed by atoms with E-state index in [2.05, 4.69) is 13.8 Å². The van der Waals surface area contributed by atoms with E-state index in [-0.39, 0.29) is 11.7 Å². The van der Waals surface area contributed by atoms with Crippen LogP contribution >= 0.6 is 0 Å². The first-order valence-corrected chi connectivity index (χ1v) is 7.90. The molecule has 0 aromatic heterocycles. The minimum Gasteiger partial charge on any atom is -0.486 e. The molecule has 0 radical (unpaired) electrons. The Morgan fingerprint density at radius 2 is 1.88 bits per heavy atom. The Morgan fingerprint density at radius 1 is 1.17 bits per heavy atom. The van der Waals surface area contributed by atoms with Gasteiger partial charge in [0.2, 0.25) is 0 Å². The fraction of sp³-hybridized carbons (Fsp3) is 0.250. The second kappa shape index (κ2) is 6.76. The highest BCUT2D eigenvalue weighted by Gasteiger charge is 2.24. The number of nitrogens with zero attached hydrogens (tertiary/aromatic N) is 1. The number of fused-ring (bicyclic) bond motifs is 1. The van der Waals surface area contributed by atoms with Crippen molar-refractivity contribution >= 4 is 6.08 Å². The van der Waals surface area contributed by atoms with Crippen LogP contribution in [-0.2, 0) is 0 Å². The molecular weight excluding hydrogens is 305 g/mol. The maximum absolute atomic E-state index is 13.3. The van der Waals surface area contributed by atoms with E-state index in [1.54, 1.807) is 18.2 Å². The molecule has 122 valence electrons. The summed E-state index contributed by atoms with van der Waals surface area (Å²) in [5.74, 6) is 1.28. The van der Waals surface area contributed by atoms with Gasteiger partial charge in [-0.1, -0.05) is 26.0 Å². The lowest BCUT2D eigenvalue weighted by atomic mass is 9.88.